The second kappa shape index (κ2) is 6.38. The molecule has 1 aromatic carbocycles. The van der Waals surface area contributed by atoms with Crippen molar-refractivity contribution in [1.29, 1.82) is 0 Å². The van der Waals surface area contributed by atoms with E-state index in [1.165, 1.54) is 20.5 Å². The highest BCUT2D eigenvalue weighted by Crippen LogP contribution is 2.34. The van der Waals surface area contributed by atoms with Crippen LogP contribution in [0, 0.1) is 0 Å². The zero-order valence-electron chi connectivity index (χ0n) is 12.2. The highest BCUT2D eigenvalue weighted by Gasteiger charge is 2.20. The molecule has 0 aliphatic carbocycles. The summed E-state index contributed by atoms with van der Waals surface area (Å²) in [6.45, 7) is 3.03. The fraction of sp³-hybridized carbons (Fsp3) is 0.375. The predicted octanol–water partition coefficient (Wildman–Crippen LogP) is 4.09. The van der Waals surface area contributed by atoms with Crippen LogP contribution < -0.4 is 9.47 Å². The minimum atomic E-state index is 0.815. The maximum Gasteiger partial charge on any atom is 0.161 e. The predicted molar refractivity (Wildman–Crippen MR) is 89.4 cm³/mol. The van der Waals surface area contributed by atoms with Gasteiger partial charge in [-0.2, -0.15) is 0 Å². The first-order valence-electron chi connectivity index (χ1n) is 6.89. The minimum absolute atomic E-state index is 0.815. The summed E-state index contributed by atoms with van der Waals surface area (Å²) in [4.78, 5) is 3.86. The summed E-state index contributed by atoms with van der Waals surface area (Å²) in [5.74, 6) is 1.64. The van der Waals surface area contributed by atoms with E-state index in [9.17, 15) is 0 Å². The van der Waals surface area contributed by atoms with Crippen molar-refractivity contribution < 1.29 is 9.47 Å². The third-order valence-corrected chi connectivity index (χ3v) is 5.77. The van der Waals surface area contributed by atoms with Crippen LogP contribution in [-0.2, 0) is 19.5 Å². The fourth-order valence-electron chi connectivity index (χ4n) is 2.72. The standard InChI is InChI=1S/C16H18BrNO2S/c1-19-14-7-11-3-5-18(9-12(11)8-15(14)20-2)10-16-13(17)4-6-21-16/h4,6-8H,3,5,9-10H2,1-2H3. The molecule has 0 unspecified atom stereocenters. The average molecular weight is 368 g/mol. The third kappa shape index (κ3) is 3.10. The van der Waals surface area contributed by atoms with Crippen LogP contribution in [0.2, 0.25) is 0 Å². The first-order valence-corrected chi connectivity index (χ1v) is 8.56. The van der Waals surface area contributed by atoms with Crippen molar-refractivity contribution >= 4 is 27.3 Å². The normalized spacial score (nSPS) is 14.8. The number of halogens is 1. The molecule has 3 nitrogen and oxygen atoms in total. The molecule has 2 heterocycles. The van der Waals surface area contributed by atoms with Crippen LogP contribution in [0.3, 0.4) is 0 Å². The molecule has 5 heteroatoms. The lowest BCUT2D eigenvalue weighted by atomic mass is 9.99. The number of hydrogen-bond acceptors (Lipinski definition) is 4. The summed E-state index contributed by atoms with van der Waals surface area (Å²) in [7, 11) is 3.38. The Kier molecular flexibility index (Phi) is 4.52. The minimum Gasteiger partial charge on any atom is -0.493 e. The van der Waals surface area contributed by atoms with Gasteiger partial charge in [-0.05, 0) is 57.1 Å². The molecular formula is C16H18BrNO2S. The van der Waals surface area contributed by atoms with Crippen LogP contribution in [0.4, 0.5) is 0 Å². The zero-order chi connectivity index (χ0) is 14.8. The molecule has 0 saturated carbocycles. The highest BCUT2D eigenvalue weighted by molar-refractivity contribution is 9.10. The van der Waals surface area contributed by atoms with Gasteiger partial charge < -0.3 is 9.47 Å². The zero-order valence-corrected chi connectivity index (χ0v) is 14.6. The van der Waals surface area contributed by atoms with Gasteiger partial charge in [0.1, 0.15) is 0 Å². The Hall–Kier alpha value is -1.04. The molecule has 0 atom stereocenters. The van der Waals surface area contributed by atoms with E-state index in [0.29, 0.717) is 0 Å². The van der Waals surface area contributed by atoms with E-state index in [2.05, 4.69) is 44.4 Å². The van der Waals surface area contributed by atoms with E-state index >= 15 is 0 Å². The van der Waals surface area contributed by atoms with E-state index in [0.717, 1.165) is 37.6 Å². The van der Waals surface area contributed by atoms with E-state index in [-0.39, 0.29) is 0 Å². The lowest BCUT2D eigenvalue weighted by Gasteiger charge is -2.29. The fourth-order valence-corrected chi connectivity index (χ4v) is 4.24. The van der Waals surface area contributed by atoms with Gasteiger partial charge in [-0.1, -0.05) is 0 Å². The van der Waals surface area contributed by atoms with Gasteiger partial charge in [0.25, 0.3) is 0 Å². The number of ether oxygens (including phenoxy) is 2. The molecule has 0 radical (unpaired) electrons. The molecule has 1 aliphatic heterocycles. The third-order valence-electron chi connectivity index (χ3n) is 3.86. The molecule has 1 aromatic heterocycles. The van der Waals surface area contributed by atoms with Crippen molar-refractivity contribution in [2.24, 2.45) is 0 Å². The van der Waals surface area contributed by atoms with Crippen molar-refractivity contribution in [3.8, 4) is 11.5 Å². The molecule has 112 valence electrons. The molecule has 0 spiro atoms. The van der Waals surface area contributed by atoms with E-state index in [4.69, 9.17) is 9.47 Å². The Balaban J connectivity index is 1.80. The number of fused-ring (bicyclic) bond motifs is 1. The molecule has 0 amide bonds. The van der Waals surface area contributed by atoms with Crippen molar-refractivity contribution in [3.63, 3.8) is 0 Å². The van der Waals surface area contributed by atoms with Crippen LogP contribution >= 0.6 is 27.3 Å². The van der Waals surface area contributed by atoms with E-state index < -0.39 is 0 Å². The lowest BCUT2D eigenvalue weighted by Crippen LogP contribution is -2.29. The van der Waals surface area contributed by atoms with Gasteiger partial charge in [0.05, 0.1) is 14.2 Å². The smallest absolute Gasteiger partial charge is 0.161 e. The number of methoxy groups -OCH3 is 2. The second-order valence-corrected chi connectivity index (χ2v) is 6.98. The van der Waals surface area contributed by atoms with Gasteiger partial charge in [-0.15, -0.1) is 11.3 Å². The molecule has 3 rings (SSSR count). The number of hydrogen-bond donors (Lipinski definition) is 0. The monoisotopic (exact) mass is 367 g/mol. The van der Waals surface area contributed by atoms with Crippen molar-refractivity contribution in [2.45, 2.75) is 19.5 Å². The summed E-state index contributed by atoms with van der Waals surface area (Å²) >= 11 is 5.42. The Morgan fingerprint density at radius 3 is 2.52 bits per heavy atom. The highest BCUT2D eigenvalue weighted by atomic mass is 79.9. The van der Waals surface area contributed by atoms with Crippen LogP contribution in [-0.4, -0.2) is 25.7 Å². The van der Waals surface area contributed by atoms with Crippen LogP contribution in [0.1, 0.15) is 16.0 Å². The Morgan fingerprint density at radius 2 is 1.90 bits per heavy atom. The second-order valence-electron chi connectivity index (χ2n) is 5.13. The van der Waals surface area contributed by atoms with Crippen molar-refractivity contribution in [1.82, 2.24) is 4.90 Å². The maximum absolute atomic E-state index is 5.41. The summed E-state index contributed by atoms with van der Waals surface area (Å²) in [6, 6.07) is 6.35. The molecular weight excluding hydrogens is 350 g/mol. The molecule has 1 aliphatic rings. The van der Waals surface area contributed by atoms with Gasteiger partial charge in [-0.3, -0.25) is 4.90 Å². The number of thiophene rings is 1. The van der Waals surface area contributed by atoms with Crippen molar-refractivity contribution in [2.75, 3.05) is 20.8 Å². The number of benzene rings is 1. The summed E-state index contributed by atoms with van der Waals surface area (Å²) < 4.78 is 12.0. The first-order chi connectivity index (χ1) is 10.2. The van der Waals surface area contributed by atoms with Crippen LogP contribution in [0.5, 0.6) is 11.5 Å². The number of nitrogens with zero attached hydrogens (tertiary/aromatic N) is 1. The van der Waals surface area contributed by atoms with Crippen LogP contribution in [0.25, 0.3) is 0 Å². The van der Waals surface area contributed by atoms with Crippen LogP contribution in [0.15, 0.2) is 28.1 Å². The van der Waals surface area contributed by atoms with Gasteiger partial charge in [0.15, 0.2) is 11.5 Å². The lowest BCUT2D eigenvalue weighted by molar-refractivity contribution is 0.246. The van der Waals surface area contributed by atoms with E-state index in [1.54, 1.807) is 25.6 Å². The molecule has 0 N–H and O–H groups in total. The maximum atomic E-state index is 5.41. The summed E-state index contributed by atoms with van der Waals surface area (Å²) in [5, 5.41) is 2.13. The van der Waals surface area contributed by atoms with Crippen molar-refractivity contribution in [3.05, 3.63) is 44.1 Å². The SMILES string of the molecule is COc1cc2c(cc1OC)CN(Cc1sccc1Br)CC2. The molecule has 0 saturated heterocycles. The van der Waals surface area contributed by atoms with Gasteiger partial charge in [0, 0.05) is 29.0 Å². The van der Waals surface area contributed by atoms with Gasteiger partial charge in [0.2, 0.25) is 0 Å². The Morgan fingerprint density at radius 1 is 1.19 bits per heavy atom. The number of rotatable bonds is 4. The Labute approximate surface area is 137 Å². The summed E-state index contributed by atoms with van der Waals surface area (Å²) in [6.07, 6.45) is 1.05. The molecule has 21 heavy (non-hydrogen) atoms. The average Bonchev–Trinajstić information content (AvgIpc) is 2.91. The molecule has 0 bridgehead atoms. The quantitative estimate of drug-likeness (QED) is 0.812. The largest absolute Gasteiger partial charge is 0.493 e. The summed E-state index contributed by atoms with van der Waals surface area (Å²) in [5.41, 5.74) is 2.71. The van der Waals surface area contributed by atoms with Gasteiger partial charge in [-0.25, -0.2) is 0 Å². The molecule has 0 fully saturated rings. The van der Waals surface area contributed by atoms with Gasteiger partial charge >= 0.3 is 0 Å². The topological polar surface area (TPSA) is 21.7 Å². The first kappa shape index (κ1) is 14.9. The van der Waals surface area contributed by atoms with E-state index in [1.807, 2.05) is 0 Å². The Bertz CT molecular complexity index is 641. The molecule has 2 aromatic rings.